The molecule has 1 fully saturated rings. The first-order valence-electron chi connectivity index (χ1n) is 7.35. The Labute approximate surface area is 112 Å². The summed E-state index contributed by atoms with van der Waals surface area (Å²) in [6.45, 7) is 3.52. The van der Waals surface area contributed by atoms with Crippen LogP contribution in [0.4, 0.5) is 0 Å². The van der Waals surface area contributed by atoms with Crippen LogP contribution in [-0.2, 0) is 10.0 Å². The molecule has 1 rings (SSSR count). The van der Waals surface area contributed by atoms with Crippen molar-refractivity contribution in [1.82, 2.24) is 10.0 Å². The van der Waals surface area contributed by atoms with E-state index in [1.165, 1.54) is 19.3 Å². The van der Waals surface area contributed by atoms with Gasteiger partial charge >= 0.3 is 0 Å². The Hall–Kier alpha value is -0.130. The van der Waals surface area contributed by atoms with Gasteiger partial charge in [-0.25, -0.2) is 13.1 Å². The maximum absolute atomic E-state index is 11.9. The molecule has 18 heavy (non-hydrogen) atoms. The van der Waals surface area contributed by atoms with E-state index in [-0.39, 0.29) is 11.8 Å². The van der Waals surface area contributed by atoms with Crippen LogP contribution in [0.1, 0.15) is 58.3 Å². The summed E-state index contributed by atoms with van der Waals surface area (Å²) in [6, 6.07) is 0.168. The molecule has 1 saturated carbocycles. The average molecular weight is 276 g/mol. The highest BCUT2D eigenvalue weighted by Gasteiger charge is 2.18. The van der Waals surface area contributed by atoms with Gasteiger partial charge in [0.25, 0.3) is 0 Å². The first kappa shape index (κ1) is 15.9. The zero-order valence-electron chi connectivity index (χ0n) is 11.6. The van der Waals surface area contributed by atoms with Crippen molar-refractivity contribution in [3.8, 4) is 0 Å². The molecular formula is C13H28N2O2S. The molecule has 0 bridgehead atoms. The minimum Gasteiger partial charge on any atom is -0.316 e. The van der Waals surface area contributed by atoms with Gasteiger partial charge < -0.3 is 5.32 Å². The lowest BCUT2D eigenvalue weighted by Gasteiger charge is -2.21. The summed E-state index contributed by atoms with van der Waals surface area (Å²) in [6.07, 6.45) is 9.15. The molecule has 0 unspecified atom stereocenters. The molecule has 0 atom stereocenters. The van der Waals surface area contributed by atoms with Gasteiger partial charge in [0.15, 0.2) is 0 Å². The Morgan fingerprint density at radius 1 is 1.00 bits per heavy atom. The molecule has 0 spiro atoms. The number of sulfonamides is 1. The van der Waals surface area contributed by atoms with E-state index in [2.05, 4.69) is 17.0 Å². The van der Waals surface area contributed by atoms with Gasteiger partial charge in [-0.15, -0.1) is 0 Å². The second-order valence-electron chi connectivity index (χ2n) is 5.23. The summed E-state index contributed by atoms with van der Waals surface area (Å²) >= 11 is 0. The third kappa shape index (κ3) is 7.34. The van der Waals surface area contributed by atoms with Gasteiger partial charge in [0.2, 0.25) is 10.0 Å². The van der Waals surface area contributed by atoms with Crippen molar-refractivity contribution in [2.45, 2.75) is 64.3 Å². The standard InChI is InChI=1S/C13H28N2O2S/c1-2-10-14-11-12-18(16,17)15-13-8-6-4-3-5-7-9-13/h13-15H,2-12H2,1H3. The summed E-state index contributed by atoms with van der Waals surface area (Å²) < 4.78 is 26.7. The molecule has 0 heterocycles. The molecule has 5 heteroatoms. The van der Waals surface area contributed by atoms with Crippen LogP contribution in [0.5, 0.6) is 0 Å². The number of hydrogen-bond donors (Lipinski definition) is 2. The molecule has 108 valence electrons. The molecule has 2 N–H and O–H groups in total. The molecule has 0 aromatic carbocycles. The fraction of sp³-hybridized carbons (Fsp3) is 1.00. The lowest BCUT2D eigenvalue weighted by Crippen LogP contribution is -2.39. The van der Waals surface area contributed by atoms with Crippen molar-refractivity contribution in [3.63, 3.8) is 0 Å². The maximum atomic E-state index is 11.9. The molecular weight excluding hydrogens is 248 g/mol. The van der Waals surface area contributed by atoms with Crippen molar-refractivity contribution in [3.05, 3.63) is 0 Å². The molecule has 0 radical (unpaired) electrons. The second kappa shape index (κ2) is 8.88. The quantitative estimate of drug-likeness (QED) is 0.699. The lowest BCUT2D eigenvalue weighted by molar-refractivity contribution is 0.426. The molecule has 1 aliphatic rings. The Bertz CT molecular complexity index is 296. The largest absolute Gasteiger partial charge is 0.316 e. The van der Waals surface area contributed by atoms with Crippen LogP contribution in [0.15, 0.2) is 0 Å². The van der Waals surface area contributed by atoms with Gasteiger partial charge in [-0.3, -0.25) is 0 Å². The van der Waals surface area contributed by atoms with Crippen LogP contribution in [0.2, 0.25) is 0 Å². The third-order valence-electron chi connectivity index (χ3n) is 3.43. The van der Waals surface area contributed by atoms with Crippen LogP contribution in [0, 0.1) is 0 Å². The normalized spacial score (nSPS) is 19.4. The van der Waals surface area contributed by atoms with Gasteiger partial charge in [0, 0.05) is 12.6 Å². The van der Waals surface area contributed by atoms with E-state index in [9.17, 15) is 8.42 Å². The van der Waals surface area contributed by atoms with E-state index in [0.29, 0.717) is 6.54 Å². The highest BCUT2D eigenvalue weighted by atomic mass is 32.2. The van der Waals surface area contributed by atoms with Crippen LogP contribution in [-0.4, -0.2) is 33.3 Å². The zero-order valence-corrected chi connectivity index (χ0v) is 12.4. The first-order valence-corrected chi connectivity index (χ1v) is 9.00. The second-order valence-corrected chi connectivity index (χ2v) is 7.10. The van der Waals surface area contributed by atoms with E-state index in [1.54, 1.807) is 0 Å². The lowest BCUT2D eigenvalue weighted by atomic mass is 9.97. The minimum absolute atomic E-state index is 0.168. The van der Waals surface area contributed by atoms with Gasteiger partial charge in [-0.1, -0.05) is 39.0 Å². The Balaban J connectivity index is 2.28. The number of rotatable bonds is 7. The van der Waals surface area contributed by atoms with Crippen molar-refractivity contribution >= 4 is 10.0 Å². The monoisotopic (exact) mass is 276 g/mol. The minimum atomic E-state index is -3.10. The smallest absolute Gasteiger partial charge is 0.213 e. The highest BCUT2D eigenvalue weighted by molar-refractivity contribution is 7.89. The van der Waals surface area contributed by atoms with Crippen LogP contribution >= 0.6 is 0 Å². The molecule has 0 aromatic rings. The maximum Gasteiger partial charge on any atom is 0.213 e. The van der Waals surface area contributed by atoms with E-state index in [4.69, 9.17) is 0 Å². The predicted octanol–water partition coefficient (Wildman–Crippen LogP) is 2.02. The summed E-state index contributed by atoms with van der Waals surface area (Å²) in [5, 5.41) is 3.13. The van der Waals surface area contributed by atoms with Crippen molar-refractivity contribution in [1.29, 1.82) is 0 Å². The third-order valence-corrected chi connectivity index (χ3v) is 4.86. The van der Waals surface area contributed by atoms with Gasteiger partial charge in [0.05, 0.1) is 5.75 Å². The Morgan fingerprint density at radius 2 is 1.61 bits per heavy atom. The van der Waals surface area contributed by atoms with Gasteiger partial charge in [-0.05, 0) is 25.8 Å². The van der Waals surface area contributed by atoms with Crippen LogP contribution < -0.4 is 10.0 Å². The first-order chi connectivity index (χ1) is 8.64. The van der Waals surface area contributed by atoms with Crippen molar-refractivity contribution in [2.24, 2.45) is 0 Å². The Morgan fingerprint density at radius 3 is 2.22 bits per heavy atom. The highest BCUT2D eigenvalue weighted by Crippen LogP contribution is 2.17. The van der Waals surface area contributed by atoms with Crippen molar-refractivity contribution in [2.75, 3.05) is 18.8 Å². The molecule has 4 nitrogen and oxygen atoms in total. The van der Waals surface area contributed by atoms with E-state index in [0.717, 1.165) is 38.6 Å². The fourth-order valence-electron chi connectivity index (χ4n) is 2.40. The average Bonchev–Trinajstić information content (AvgIpc) is 2.28. The molecule has 0 aliphatic heterocycles. The Kier molecular flexibility index (Phi) is 7.86. The number of nitrogens with one attached hydrogen (secondary N) is 2. The summed E-state index contributed by atoms with van der Waals surface area (Å²) in [7, 11) is -3.10. The van der Waals surface area contributed by atoms with Crippen LogP contribution in [0.3, 0.4) is 0 Å². The summed E-state index contributed by atoms with van der Waals surface area (Å²) in [5.74, 6) is 0.198. The topological polar surface area (TPSA) is 58.2 Å². The van der Waals surface area contributed by atoms with Gasteiger partial charge in [0.1, 0.15) is 0 Å². The molecule has 0 saturated heterocycles. The zero-order chi connectivity index (χ0) is 13.3. The fourth-order valence-corrected chi connectivity index (χ4v) is 3.67. The van der Waals surface area contributed by atoms with Crippen molar-refractivity contribution < 1.29 is 8.42 Å². The van der Waals surface area contributed by atoms with E-state index < -0.39 is 10.0 Å². The van der Waals surface area contributed by atoms with E-state index >= 15 is 0 Å². The SMILES string of the molecule is CCCNCCS(=O)(=O)NC1CCCCCCC1. The summed E-state index contributed by atoms with van der Waals surface area (Å²) in [5.41, 5.74) is 0. The summed E-state index contributed by atoms with van der Waals surface area (Å²) in [4.78, 5) is 0. The molecule has 1 aliphatic carbocycles. The van der Waals surface area contributed by atoms with Gasteiger partial charge in [-0.2, -0.15) is 0 Å². The molecule has 0 aromatic heterocycles. The number of hydrogen-bond acceptors (Lipinski definition) is 3. The van der Waals surface area contributed by atoms with Crippen LogP contribution in [0.25, 0.3) is 0 Å². The van der Waals surface area contributed by atoms with E-state index in [1.807, 2.05) is 0 Å². The predicted molar refractivity (Wildman–Crippen MR) is 76.2 cm³/mol. The molecule has 0 amide bonds.